The van der Waals surface area contributed by atoms with Gasteiger partial charge >= 0.3 is 6.18 Å². The van der Waals surface area contributed by atoms with E-state index in [1.165, 1.54) is 28.4 Å². The summed E-state index contributed by atoms with van der Waals surface area (Å²) in [7, 11) is 0. The van der Waals surface area contributed by atoms with E-state index in [9.17, 15) is 22.8 Å². The maximum absolute atomic E-state index is 13.0. The van der Waals surface area contributed by atoms with Gasteiger partial charge in [-0.1, -0.05) is 36.4 Å². The first-order chi connectivity index (χ1) is 16.3. The van der Waals surface area contributed by atoms with Gasteiger partial charge in [0.25, 0.3) is 11.8 Å². The summed E-state index contributed by atoms with van der Waals surface area (Å²) in [6.45, 7) is 0.940. The lowest BCUT2D eigenvalue weighted by Gasteiger charge is -2.27. The van der Waals surface area contributed by atoms with Crippen LogP contribution in [0.1, 0.15) is 62.1 Å². The van der Waals surface area contributed by atoms with Gasteiger partial charge < -0.3 is 10.2 Å². The van der Waals surface area contributed by atoms with Crippen LogP contribution in [0.2, 0.25) is 0 Å². The first-order valence-electron chi connectivity index (χ1n) is 11.2. The molecule has 1 aliphatic carbocycles. The fraction of sp³-hybridized carbons (Fsp3) is 0.320. The van der Waals surface area contributed by atoms with Gasteiger partial charge in [0.2, 0.25) is 0 Å². The van der Waals surface area contributed by atoms with Crippen LogP contribution < -0.4 is 5.32 Å². The van der Waals surface area contributed by atoms with Crippen molar-refractivity contribution in [3.8, 4) is 0 Å². The Balaban J connectivity index is 1.28. The number of nitrogens with one attached hydrogen (secondary N) is 1. The third-order valence-corrected chi connectivity index (χ3v) is 6.43. The standard InChI is InChI=1S/C25H23F3N4O2/c26-25(27,28)18-10-8-16(9-11-18)15-31-12-13-32-22(24(31)34)14-21(30-32)23(33)29-20-7-3-5-17-4-1-2-6-19(17)20/h1-2,4,6,8-11,14,20H,3,5,7,12-13,15H2,(H,29,33)/t20-/m0/s1. The predicted octanol–water partition coefficient (Wildman–Crippen LogP) is 4.37. The minimum absolute atomic E-state index is 0.0944. The maximum Gasteiger partial charge on any atom is 0.416 e. The van der Waals surface area contributed by atoms with Gasteiger partial charge in [0.1, 0.15) is 5.69 Å². The van der Waals surface area contributed by atoms with Crippen LogP contribution in [-0.2, 0) is 25.7 Å². The SMILES string of the molecule is O=C(N[C@H]1CCCc2ccccc21)c1cc2n(n1)CCN(Cc1ccc(C(F)(F)F)cc1)C2=O. The highest BCUT2D eigenvalue weighted by atomic mass is 19.4. The van der Waals surface area contributed by atoms with E-state index in [0.29, 0.717) is 24.3 Å². The monoisotopic (exact) mass is 468 g/mol. The van der Waals surface area contributed by atoms with Gasteiger partial charge in [-0.3, -0.25) is 14.3 Å². The highest BCUT2D eigenvalue weighted by Crippen LogP contribution is 2.30. The molecule has 0 spiro atoms. The molecule has 2 aliphatic rings. The minimum Gasteiger partial charge on any atom is -0.344 e. The van der Waals surface area contributed by atoms with Crippen molar-refractivity contribution < 1.29 is 22.8 Å². The molecule has 0 bridgehead atoms. The second kappa shape index (κ2) is 8.62. The fourth-order valence-electron chi connectivity index (χ4n) is 4.66. The summed E-state index contributed by atoms with van der Waals surface area (Å²) in [6.07, 6.45) is -1.58. The minimum atomic E-state index is -4.40. The Kier molecular flexibility index (Phi) is 5.63. The topological polar surface area (TPSA) is 67.2 Å². The third-order valence-electron chi connectivity index (χ3n) is 6.43. The molecule has 5 rings (SSSR count). The molecule has 1 aliphatic heterocycles. The lowest BCUT2D eigenvalue weighted by molar-refractivity contribution is -0.137. The van der Waals surface area contributed by atoms with Crippen molar-refractivity contribution in [2.75, 3.05) is 6.54 Å². The molecule has 2 heterocycles. The Morgan fingerprint density at radius 1 is 1.09 bits per heavy atom. The molecule has 2 aromatic carbocycles. The molecule has 6 nitrogen and oxygen atoms in total. The molecule has 2 amide bonds. The van der Waals surface area contributed by atoms with Crippen LogP contribution in [0.4, 0.5) is 13.2 Å². The van der Waals surface area contributed by atoms with Crippen LogP contribution in [0.25, 0.3) is 0 Å². The summed E-state index contributed by atoms with van der Waals surface area (Å²) in [4.78, 5) is 27.5. The second-order valence-electron chi connectivity index (χ2n) is 8.68. The van der Waals surface area contributed by atoms with Crippen molar-refractivity contribution in [2.24, 2.45) is 0 Å². The number of aromatic nitrogens is 2. The molecule has 0 radical (unpaired) electrons. The molecule has 1 aromatic heterocycles. The van der Waals surface area contributed by atoms with Gasteiger partial charge in [-0.2, -0.15) is 18.3 Å². The summed E-state index contributed by atoms with van der Waals surface area (Å²) in [6, 6.07) is 14.2. The number of halogens is 3. The van der Waals surface area contributed by atoms with E-state index < -0.39 is 11.7 Å². The number of amides is 2. The number of carbonyl (C=O) groups is 2. The van der Waals surface area contributed by atoms with Crippen LogP contribution in [0.3, 0.4) is 0 Å². The highest BCUT2D eigenvalue weighted by molar-refractivity contribution is 5.98. The summed E-state index contributed by atoms with van der Waals surface area (Å²) < 4.78 is 39.9. The van der Waals surface area contributed by atoms with Gasteiger partial charge in [0.05, 0.1) is 18.2 Å². The van der Waals surface area contributed by atoms with Crippen molar-refractivity contribution in [1.82, 2.24) is 20.0 Å². The fourth-order valence-corrected chi connectivity index (χ4v) is 4.66. The molecule has 1 N–H and O–H groups in total. The van der Waals surface area contributed by atoms with Crippen molar-refractivity contribution in [3.05, 3.63) is 88.2 Å². The van der Waals surface area contributed by atoms with Gasteiger partial charge in [-0.15, -0.1) is 0 Å². The van der Waals surface area contributed by atoms with Gasteiger partial charge in [-0.25, -0.2) is 0 Å². The Morgan fingerprint density at radius 3 is 2.62 bits per heavy atom. The van der Waals surface area contributed by atoms with Crippen LogP contribution >= 0.6 is 0 Å². The molecule has 34 heavy (non-hydrogen) atoms. The zero-order valence-corrected chi connectivity index (χ0v) is 18.3. The van der Waals surface area contributed by atoms with Crippen LogP contribution in [0.5, 0.6) is 0 Å². The largest absolute Gasteiger partial charge is 0.416 e. The number of rotatable bonds is 4. The van der Waals surface area contributed by atoms with Crippen molar-refractivity contribution in [1.29, 1.82) is 0 Å². The molecule has 0 saturated heterocycles. The molecule has 0 saturated carbocycles. The Bertz CT molecular complexity index is 1230. The Labute approximate surface area is 194 Å². The average Bonchev–Trinajstić information content (AvgIpc) is 3.26. The quantitative estimate of drug-likeness (QED) is 0.619. The molecular weight excluding hydrogens is 445 g/mol. The van der Waals surface area contributed by atoms with E-state index >= 15 is 0 Å². The molecule has 9 heteroatoms. The van der Waals surface area contributed by atoms with Crippen molar-refractivity contribution in [3.63, 3.8) is 0 Å². The number of benzene rings is 2. The first-order valence-corrected chi connectivity index (χ1v) is 11.2. The second-order valence-corrected chi connectivity index (χ2v) is 8.68. The molecule has 3 aromatic rings. The lowest BCUT2D eigenvalue weighted by atomic mass is 9.87. The van der Waals surface area contributed by atoms with E-state index in [2.05, 4.69) is 16.5 Å². The predicted molar refractivity (Wildman–Crippen MR) is 118 cm³/mol. The Hall–Kier alpha value is -3.62. The first kappa shape index (κ1) is 22.2. The lowest BCUT2D eigenvalue weighted by Crippen LogP contribution is -2.39. The summed E-state index contributed by atoms with van der Waals surface area (Å²) in [5.41, 5.74) is 2.70. The summed E-state index contributed by atoms with van der Waals surface area (Å²) >= 11 is 0. The smallest absolute Gasteiger partial charge is 0.344 e. The third kappa shape index (κ3) is 4.30. The Morgan fingerprint density at radius 2 is 1.85 bits per heavy atom. The number of aryl methyl sites for hydroxylation is 1. The van der Waals surface area contributed by atoms with Crippen molar-refractivity contribution in [2.45, 2.75) is 44.6 Å². The molecule has 1 atom stereocenters. The zero-order chi connectivity index (χ0) is 23.9. The number of alkyl halides is 3. The average molecular weight is 468 g/mol. The van der Waals surface area contributed by atoms with E-state index in [4.69, 9.17) is 0 Å². The van der Waals surface area contributed by atoms with E-state index in [1.807, 2.05) is 18.2 Å². The normalized spacial score (nSPS) is 17.8. The zero-order valence-electron chi connectivity index (χ0n) is 18.3. The van der Waals surface area contributed by atoms with E-state index in [1.54, 1.807) is 4.90 Å². The number of hydrogen-bond acceptors (Lipinski definition) is 3. The van der Waals surface area contributed by atoms with E-state index in [-0.39, 0.29) is 30.1 Å². The number of hydrogen-bond donors (Lipinski definition) is 1. The number of carbonyl (C=O) groups excluding carboxylic acids is 2. The van der Waals surface area contributed by atoms with Gasteiger partial charge in [0.15, 0.2) is 5.69 Å². The van der Waals surface area contributed by atoms with E-state index in [0.717, 1.165) is 37.0 Å². The number of fused-ring (bicyclic) bond motifs is 2. The summed E-state index contributed by atoms with van der Waals surface area (Å²) in [5.74, 6) is -0.633. The van der Waals surface area contributed by atoms with Crippen LogP contribution in [-0.4, -0.2) is 33.0 Å². The number of nitrogens with zero attached hydrogens (tertiary/aromatic N) is 3. The molecule has 0 unspecified atom stereocenters. The highest BCUT2D eigenvalue weighted by Gasteiger charge is 2.31. The molecule has 0 fully saturated rings. The van der Waals surface area contributed by atoms with Crippen LogP contribution in [0.15, 0.2) is 54.6 Å². The van der Waals surface area contributed by atoms with Crippen LogP contribution in [0, 0.1) is 0 Å². The summed E-state index contributed by atoms with van der Waals surface area (Å²) in [5, 5.41) is 7.39. The molecule has 176 valence electrons. The maximum atomic E-state index is 13.0. The van der Waals surface area contributed by atoms with Gasteiger partial charge in [-0.05, 0) is 48.1 Å². The molecular formula is C25H23F3N4O2. The van der Waals surface area contributed by atoms with Crippen molar-refractivity contribution >= 4 is 11.8 Å². The van der Waals surface area contributed by atoms with Gasteiger partial charge in [0, 0.05) is 19.2 Å².